The van der Waals surface area contributed by atoms with Gasteiger partial charge < -0.3 is 10.7 Å². The molecule has 0 amide bonds. The zero-order chi connectivity index (χ0) is 13.2. The van der Waals surface area contributed by atoms with E-state index in [4.69, 9.17) is 5.73 Å². The number of nitrogens with two attached hydrogens (primary N) is 1. The Morgan fingerprint density at radius 3 is 2.83 bits per heavy atom. The minimum Gasteiger partial charge on any atom is -0.399 e. The van der Waals surface area contributed by atoms with Gasteiger partial charge in [-0.2, -0.15) is 4.31 Å². The van der Waals surface area contributed by atoms with Crippen LogP contribution in [0.2, 0.25) is 0 Å². The van der Waals surface area contributed by atoms with E-state index in [1.54, 1.807) is 24.5 Å². The van der Waals surface area contributed by atoms with Crippen molar-refractivity contribution in [1.82, 2.24) is 14.3 Å². The Bertz CT molecular complexity index is 622. The molecule has 0 fully saturated rings. The van der Waals surface area contributed by atoms with E-state index in [0.29, 0.717) is 11.5 Å². The quantitative estimate of drug-likeness (QED) is 0.801. The molecule has 3 N–H and O–H groups in total. The number of hydrogen-bond donors (Lipinski definition) is 2. The summed E-state index contributed by atoms with van der Waals surface area (Å²) in [6.07, 6.45) is 3.23. The van der Waals surface area contributed by atoms with Crippen molar-refractivity contribution in [3.8, 4) is 0 Å². The standard InChI is InChI=1S/C11H14N4O2S/c1-15(8-11-13-5-6-14-11)18(16,17)10-4-2-3-9(12)7-10/h2-7H,8,12H2,1H3,(H,13,14). The third-order valence-electron chi connectivity index (χ3n) is 2.49. The minimum absolute atomic E-state index is 0.177. The van der Waals surface area contributed by atoms with Crippen LogP contribution in [0.5, 0.6) is 0 Å². The molecule has 6 nitrogen and oxygen atoms in total. The average Bonchev–Trinajstić information content (AvgIpc) is 2.81. The fourth-order valence-electron chi connectivity index (χ4n) is 1.54. The van der Waals surface area contributed by atoms with Crippen LogP contribution < -0.4 is 5.73 Å². The van der Waals surface area contributed by atoms with Crippen LogP contribution in [0, 0.1) is 0 Å². The first-order valence-electron chi connectivity index (χ1n) is 5.30. The van der Waals surface area contributed by atoms with Gasteiger partial charge in [0.05, 0.1) is 11.4 Å². The number of anilines is 1. The summed E-state index contributed by atoms with van der Waals surface area (Å²) in [7, 11) is -2.04. The predicted octanol–water partition coefficient (Wildman–Crippen LogP) is 0.813. The van der Waals surface area contributed by atoms with E-state index >= 15 is 0 Å². The molecule has 7 heteroatoms. The van der Waals surface area contributed by atoms with E-state index in [-0.39, 0.29) is 11.4 Å². The van der Waals surface area contributed by atoms with Crippen LogP contribution in [0.25, 0.3) is 0 Å². The lowest BCUT2D eigenvalue weighted by molar-refractivity contribution is 0.458. The number of benzene rings is 1. The van der Waals surface area contributed by atoms with Gasteiger partial charge in [-0.05, 0) is 18.2 Å². The maximum absolute atomic E-state index is 12.2. The fraction of sp³-hybridized carbons (Fsp3) is 0.182. The summed E-state index contributed by atoms with van der Waals surface area (Å²) in [5.41, 5.74) is 6.01. The Morgan fingerprint density at radius 1 is 1.44 bits per heavy atom. The Hall–Kier alpha value is -1.86. The highest BCUT2D eigenvalue weighted by molar-refractivity contribution is 7.89. The molecule has 0 atom stereocenters. The number of hydrogen-bond acceptors (Lipinski definition) is 4. The third kappa shape index (κ3) is 2.52. The highest BCUT2D eigenvalue weighted by Gasteiger charge is 2.21. The highest BCUT2D eigenvalue weighted by Crippen LogP contribution is 2.17. The van der Waals surface area contributed by atoms with Crippen LogP contribution in [0.1, 0.15) is 5.82 Å². The molecule has 1 heterocycles. The number of aromatic nitrogens is 2. The first-order chi connectivity index (χ1) is 8.50. The molecule has 0 spiro atoms. The van der Waals surface area contributed by atoms with Crippen molar-refractivity contribution in [3.63, 3.8) is 0 Å². The van der Waals surface area contributed by atoms with Crippen molar-refractivity contribution in [2.75, 3.05) is 12.8 Å². The highest BCUT2D eigenvalue weighted by atomic mass is 32.2. The van der Waals surface area contributed by atoms with Crippen LogP contribution in [0.15, 0.2) is 41.6 Å². The molecule has 1 aromatic carbocycles. The molecule has 96 valence electrons. The van der Waals surface area contributed by atoms with Crippen molar-refractivity contribution in [3.05, 3.63) is 42.5 Å². The zero-order valence-electron chi connectivity index (χ0n) is 9.87. The lowest BCUT2D eigenvalue weighted by Gasteiger charge is -2.16. The molecule has 0 radical (unpaired) electrons. The van der Waals surface area contributed by atoms with Gasteiger partial charge in [0, 0.05) is 25.1 Å². The summed E-state index contributed by atoms with van der Waals surface area (Å²) in [6, 6.07) is 6.22. The van der Waals surface area contributed by atoms with Crippen LogP contribution in [-0.2, 0) is 16.6 Å². The first-order valence-corrected chi connectivity index (χ1v) is 6.74. The number of H-pyrrole nitrogens is 1. The summed E-state index contributed by atoms with van der Waals surface area (Å²) >= 11 is 0. The largest absolute Gasteiger partial charge is 0.399 e. The number of nitrogens with one attached hydrogen (secondary N) is 1. The van der Waals surface area contributed by atoms with Gasteiger partial charge in [-0.25, -0.2) is 13.4 Å². The fourth-order valence-corrected chi connectivity index (χ4v) is 2.72. The number of nitrogens with zero attached hydrogens (tertiary/aromatic N) is 2. The van der Waals surface area contributed by atoms with E-state index in [1.807, 2.05) is 0 Å². The Kier molecular flexibility index (Phi) is 3.35. The van der Waals surface area contributed by atoms with Crippen molar-refractivity contribution >= 4 is 15.7 Å². The predicted molar refractivity (Wildman–Crippen MR) is 68.1 cm³/mol. The molecular formula is C11H14N4O2S. The normalized spacial score (nSPS) is 11.9. The van der Waals surface area contributed by atoms with Crippen molar-refractivity contribution in [1.29, 1.82) is 0 Å². The maximum atomic E-state index is 12.2. The summed E-state index contributed by atoms with van der Waals surface area (Å²) in [5, 5.41) is 0. The van der Waals surface area contributed by atoms with Crippen molar-refractivity contribution in [2.45, 2.75) is 11.4 Å². The molecular weight excluding hydrogens is 252 g/mol. The van der Waals surface area contributed by atoms with E-state index in [2.05, 4.69) is 9.97 Å². The van der Waals surface area contributed by atoms with Crippen molar-refractivity contribution in [2.24, 2.45) is 0 Å². The Morgan fingerprint density at radius 2 is 2.22 bits per heavy atom. The van der Waals surface area contributed by atoms with E-state index < -0.39 is 10.0 Å². The van der Waals surface area contributed by atoms with Crippen LogP contribution in [-0.4, -0.2) is 29.7 Å². The Balaban J connectivity index is 2.25. The van der Waals surface area contributed by atoms with E-state index in [9.17, 15) is 8.42 Å². The summed E-state index contributed by atoms with van der Waals surface area (Å²) in [6.45, 7) is 0.185. The summed E-state index contributed by atoms with van der Waals surface area (Å²) in [5.74, 6) is 0.588. The van der Waals surface area contributed by atoms with Crippen LogP contribution in [0.3, 0.4) is 0 Å². The molecule has 1 aromatic heterocycles. The van der Waals surface area contributed by atoms with Crippen LogP contribution >= 0.6 is 0 Å². The molecule has 0 aliphatic heterocycles. The van der Waals surface area contributed by atoms with Gasteiger partial charge in [0.25, 0.3) is 0 Å². The SMILES string of the molecule is CN(Cc1ncc[nH]1)S(=O)(=O)c1cccc(N)c1. The number of sulfonamides is 1. The van der Waals surface area contributed by atoms with E-state index in [1.165, 1.54) is 23.5 Å². The van der Waals surface area contributed by atoms with Gasteiger partial charge in [0.2, 0.25) is 10.0 Å². The molecule has 0 bridgehead atoms. The van der Waals surface area contributed by atoms with Gasteiger partial charge in [-0.15, -0.1) is 0 Å². The number of aromatic amines is 1. The Labute approximate surface area is 106 Å². The molecule has 0 saturated carbocycles. The van der Waals surface area contributed by atoms with Gasteiger partial charge in [0.1, 0.15) is 5.82 Å². The molecule has 2 rings (SSSR count). The lowest BCUT2D eigenvalue weighted by Crippen LogP contribution is -2.27. The smallest absolute Gasteiger partial charge is 0.243 e. The molecule has 2 aromatic rings. The molecule has 0 unspecified atom stereocenters. The van der Waals surface area contributed by atoms with Gasteiger partial charge in [0.15, 0.2) is 0 Å². The summed E-state index contributed by atoms with van der Waals surface area (Å²) in [4.78, 5) is 7.03. The monoisotopic (exact) mass is 266 g/mol. The maximum Gasteiger partial charge on any atom is 0.243 e. The van der Waals surface area contributed by atoms with E-state index in [0.717, 1.165) is 0 Å². The number of nitrogen functional groups attached to an aromatic ring is 1. The first kappa shape index (κ1) is 12.6. The zero-order valence-corrected chi connectivity index (χ0v) is 10.7. The second-order valence-electron chi connectivity index (χ2n) is 3.87. The van der Waals surface area contributed by atoms with Gasteiger partial charge in [-0.3, -0.25) is 0 Å². The second kappa shape index (κ2) is 4.79. The third-order valence-corrected chi connectivity index (χ3v) is 4.29. The lowest BCUT2D eigenvalue weighted by atomic mass is 10.3. The summed E-state index contributed by atoms with van der Waals surface area (Å²) < 4.78 is 25.7. The van der Waals surface area contributed by atoms with Gasteiger partial charge >= 0.3 is 0 Å². The molecule has 0 aliphatic carbocycles. The molecule has 0 saturated heterocycles. The second-order valence-corrected chi connectivity index (χ2v) is 5.91. The number of rotatable bonds is 4. The molecule has 18 heavy (non-hydrogen) atoms. The topological polar surface area (TPSA) is 92.1 Å². The minimum atomic E-state index is -3.54. The number of imidazole rings is 1. The van der Waals surface area contributed by atoms with Gasteiger partial charge in [-0.1, -0.05) is 6.07 Å². The molecule has 0 aliphatic rings. The average molecular weight is 266 g/mol. The van der Waals surface area contributed by atoms with Crippen molar-refractivity contribution < 1.29 is 8.42 Å². The van der Waals surface area contributed by atoms with Crippen LogP contribution in [0.4, 0.5) is 5.69 Å².